The zero-order chi connectivity index (χ0) is 27.2. The average Bonchev–Trinajstić information content (AvgIpc) is 3.41. The maximum Gasteiger partial charge on any atom is 0.313 e. The van der Waals surface area contributed by atoms with Crippen molar-refractivity contribution >= 4 is 52.2 Å². The van der Waals surface area contributed by atoms with Crippen LogP contribution in [0.3, 0.4) is 0 Å². The van der Waals surface area contributed by atoms with Crippen molar-refractivity contribution in [1.29, 1.82) is 0 Å². The third-order valence-corrected chi connectivity index (χ3v) is 6.38. The molecule has 0 saturated carbocycles. The van der Waals surface area contributed by atoms with Crippen LogP contribution in [0, 0.1) is 0 Å². The Balaban J connectivity index is 1.63. The number of nitrogens with one attached hydrogen (secondary N) is 2. The standard InChI is InChI=1S/C26H30ClN7O4/c1-4-20(35)30-21-15-28-25(38-21)24(37)31-26-29-19-11-7-10-18(27)23(19)34(26)17-9-5-6-14-33(16-17)22(36)12-8-13-32(2)3/h4,7-8,10-12,15,17H,1,5-6,9,13-14,16H2,2-3H3,(H,30,35)(H,29,31,37)/b12-8+/t17-/m1/s1. The molecule has 2 N–H and O–H groups in total. The number of oxazole rings is 1. The van der Waals surface area contributed by atoms with Crippen molar-refractivity contribution in [3.05, 3.63) is 60.1 Å². The molecule has 2 aromatic heterocycles. The highest BCUT2D eigenvalue weighted by atomic mass is 35.5. The van der Waals surface area contributed by atoms with E-state index in [1.54, 1.807) is 18.2 Å². The van der Waals surface area contributed by atoms with Gasteiger partial charge in [0.1, 0.15) is 0 Å². The van der Waals surface area contributed by atoms with Gasteiger partial charge in [-0.25, -0.2) is 9.97 Å². The van der Waals surface area contributed by atoms with Gasteiger partial charge in [0.05, 0.1) is 28.3 Å². The lowest BCUT2D eigenvalue weighted by atomic mass is 10.1. The summed E-state index contributed by atoms with van der Waals surface area (Å²) in [5.41, 5.74) is 1.27. The fourth-order valence-corrected chi connectivity index (χ4v) is 4.58. The number of hydrogen-bond acceptors (Lipinski definition) is 7. The Morgan fingerprint density at radius 1 is 1.26 bits per heavy atom. The van der Waals surface area contributed by atoms with Crippen LogP contribution >= 0.6 is 11.6 Å². The first-order valence-corrected chi connectivity index (χ1v) is 12.6. The molecule has 1 aliphatic rings. The Kier molecular flexibility index (Phi) is 8.59. The molecule has 3 amide bonds. The molecule has 38 heavy (non-hydrogen) atoms. The number of para-hydroxylation sites is 1. The third kappa shape index (κ3) is 6.29. The molecule has 3 heterocycles. The Hall–Kier alpha value is -3.96. The molecule has 0 bridgehead atoms. The van der Waals surface area contributed by atoms with Gasteiger partial charge in [-0.15, -0.1) is 0 Å². The van der Waals surface area contributed by atoms with E-state index in [2.05, 4.69) is 27.2 Å². The number of halogens is 1. The second-order valence-corrected chi connectivity index (χ2v) is 9.60. The lowest BCUT2D eigenvalue weighted by molar-refractivity contribution is -0.126. The number of anilines is 2. The molecule has 3 aromatic rings. The zero-order valence-corrected chi connectivity index (χ0v) is 22.1. The monoisotopic (exact) mass is 539 g/mol. The molecule has 11 nitrogen and oxygen atoms in total. The third-order valence-electron chi connectivity index (χ3n) is 6.07. The summed E-state index contributed by atoms with van der Waals surface area (Å²) in [6.07, 6.45) is 8.28. The van der Waals surface area contributed by atoms with E-state index < -0.39 is 11.8 Å². The van der Waals surface area contributed by atoms with E-state index in [1.807, 2.05) is 40.6 Å². The van der Waals surface area contributed by atoms with Crippen LogP contribution < -0.4 is 10.6 Å². The maximum atomic E-state index is 13.0. The van der Waals surface area contributed by atoms with Gasteiger partial charge in [0.25, 0.3) is 5.89 Å². The van der Waals surface area contributed by atoms with Crippen molar-refractivity contribution in [2.75, 3.05) is 44.4 Å². The number of imidazole rings is 1. The molecule has 0 unspecified atom stereocenters. The number of likely N-dealkylation sites (N-methyl/N-ethyl adjacent to an activating group) is 1. The number of benzene rings is 1. The van der Waals surface area contributed by atoms with Gasteiger partial charge in [-0.1, -0.05) is 30.3 Å². The van der Waals surface area contributed by atoms with Gasteiger partial charge in [0.2, 0.25) is 23.6 Å². The molecule has 0 spiro atoms. The molecular weight excluding hydrogens is 510 g/mol. The molecule has 1 atom stereocenters. The van der Waals surface area contributed by atoms with Gasteiger partial charge >= 0.3 is 5.91 Å². The molecule has 1 saturated heterocycles. The van der Waals surface area contributed by atoms with Crippen LogP contribution in [0.1, 0.15) is 36.0 Å². The molecule has 4 rings (SSSR count). The van der Waals surface area contributed by atoms with Crippen molar-refractivity contribution in [3.8, 4) is 0 Å². The molecule has 200 valence electrons. The highest BCUT2D eigenvalue weighted by Crippen LogP contribution is 2.34. The fourth-order valence-electron chi connectivity index (χ4n) is 4.31. The van der Waals surface area contributed by atoms with Crippen LogP contribution in [-0.2, 0) is 9.59 Å². The normalized spacial score (nSPS) is 16.1. The van der Waals surface area contributed by atoms with Crippen LogP contribution in [-0.4, -0.2) is 75.8 Å². The second-order valence-electron chi connectivity index (χ2n) is 9.19. The van der Waals surface area contributed by atoms with E-state index in [1.165, 1.54) is 6.20 Å². The lowest BCUT2D eigenvalue weighted by Gasteiger charge is -2.26. The highest BCUT2D eigenvalue weighted by Gasteiger charge is 2.28. The van der Waals surface area contributed by atoms with E-state index in [-0.39, 0.29) is 29.7 Å². The number of amides is 3. The first kappa shape index (κ1) is 27.1. The van der Waals surface area contributed by atoms with Crippen LogP contribution in [0.25, 0.3) is 11.0 Å². The van der Waals surface area contributed by atoms with Gasteiger partial charge < -0.3 is 18.8 Å². The molecule has 12 heteroatoms. The van der Waals surface area contributed by atoms with Crippen molar-refractivity contribution in [2.45, 2.75) is 25.3 Å². The van der Waals surface area contributed by atoms with Crippen molar-refractivity contribution in [3.63, 3.8) is 0 Å². The lowest BCUT2D eigenvalue weighted by Crippen LogP contribution is -2.34. The van der Waals surface area contributed by atoms with Gasteiger partial charge in [-0.05, 0) is 51.6 Å². The SMILES string of the molecule is C=CC(=O)Nc1cnc(C(=O)Nc2nc3cccc(Cl)c3n2[C@@H]2CCCCN(C(=O)/C=C/CN(C)C)C2)o1. The number of carbonyl (C=O) groups excluding carboxylic acids is 3. The summed E-state index contributed by atoms with van der Waals surface area (Å²) in [7, 11) is 3.88. The summed E-state index contributed by atoms with van der Waals surface area (Å²) in [5, 5.41) is 5.67. The van der Waals surface area contributed by atoms with E-state index >= 15 is 0 Å². The maximum absolute atomic E-state index is 13.0. The fraction of sp³-hybridized carbons (Fsp3) is 0.346. The minimum absolute atomic E-state index is 0.0110. The summed E-state index contributed by atoms with van der Waals surface area (Å²) in [4.78, 5) is 49.9. The average molecular weight is 540 g/mol. The molecule has 1 fully saturated rings. The van der Waals surface area contributed by atoms with Crippen molar-refractivity contribution in [1.82, 2.24) is 24.3 Å². The summed E-state index contributed by atoms with van der Waals surface area (Å²) in [5.74, 6) is -1.18. The minimum atomic E-state index is -0.648. The Morgan fingerprint density at radius 3 is 2.84 bits per heavy atom. The molecular formula is C26H30ClN7O4. The summed E-state index contributed by atoms with van der Waals surface area (Å²) < 4.78 is 7.25. The number of fused-ring (bicyclic) bond motifs is 1. The van der Waals surface area contributed by atoms with Crippen molar-refractivity contribution in [2.24, 2.45) is 0 Å². The quantitative estimate of drug-likeness (QED) is 0.418. The van der Waals surface area contributed by atoms with Crippen LogP contribution in [0.5, 0.6) is 0 Å². The summed E-state index contributed by atoms with van der Waals surface area (Å²) in [6.45, 7) is 5.11. The summed E-state index contributed by atoms with van der Waals surface area (Å²) >= 11 is 6.60. The second kappa shape index (κ2) is 12.1. The molecule has 1 aliphatic heterocycles. The van der Waals surface area contributed by atoms with E-state index in [4.69, 9.17) is 16.0 Å². The first-order chi connectivity index (χ1) is 18.3. The number of hydrogen-bond donors (Lipinski definition) is 2. The van der Waals surface area contributed by atoms with Crippen LogP contribution in [0.15, 0.2) is 53.6 Å². The number of likely N-dealkylation sites (tertiary alicyclic amines) is 1. The molecule has 1 aromatic carbocycles. The van der Waals surface area contributed by atoms with E-state index in [0.717, 1.165) is 25.3 Å². The predicted octanol–water partition coefficient (Wildman–Crippen LogP) is 3.73. The van der Waals surface area contributed by atoms with Gasteiger partial charge in [-0.3, -0.25) is 25.0 Å². The Labute approximate surface area is 225 Å². The molecule has 0 radical (unpaired) electrons. The van der Waals surface area contributed by atoms with Crippen LogP contribution in [0.2, 0.25) is 5.02 Å². The number of nitrogens with zero attached hydrogens (tertiary/aromatic N) is 5. The number of rotatable bonds is 8. The van der Waals surface area contributed by atoms with E-state index in [9.17, 15) is 14.4 Å². The topological polar surface area (TPSA) is 126 Å². The Morgan fingerprint density at radius 2 is 2.08 bits per heavy atom. The van der Waals surface area contributed by atoms with Crippen LogP contribution in [0.4, 0.5) is 11.8 Å². The molecule has 0 aliphatic carbocycles. The minimum Gasteiger partial charge on any atom is -0.416 e. The summed E-state index contributed by atoms with van der Waals surface area (Å²) in [6, 6.07) is 5.18. The Bertz CT molecular complexity index is 1380. The van der Waals surface area contributed by atoms with Gasteiger partial charge in [-0.2, -0.15) is 0 Å². The largest absolute Gasteiger partial charge is 0.416 e. The predicted molar refractivity (Wildman–Crippen MR) is 145 cm³/mol. The zero-order valence-electron chi connectivity index (χ0n) is 21.3. The number of carbonyl (C=O) groups is 3. The van der Waals surface area contributed by atoms with E-state index in [0.29, 0.717) is 35.7 Å². The number of aromatic nitrogens is 3. The highest BCUT2D eigenvalue weighted by molar-refractivity contribution is 6.35. The van der Waals surface area contributed by atoms with Gasteiger partial charge in [0, 0.05) is 25.7 Å². The van der Waals surface area contributed by atoms with Gasteiger partial charge in [0.15, 0.2) is 0 Å². The first-order valence-electron chi connectivity index (χ1n) is 12.2. The van der Waals surface area contributed by atoms with Crippen molar-refractivity contribution < 1.29 is 18.8 Å². The smallest absolute Gasteiger partial charge is 0.313 e.